The highest BCUT2D eigenvalue weighted by molar-refractivity contribution is 6.32. The molecule has 0 aliphatic carbocycles. The largest absolute Gasteiger partial charge is 0.352 e. The molecule has 1 aromatic rings. The normalized spacial score (nSPS) is 12.7. The van der Waals surface area contributed by atoms with Crippen LogP contribution >= 0.6 is 11.6 Å². The second kappa shape index (κ2) is 7.61. The molecule has 0 aromatic heterocycles. The number of nitrogens with one attached hydrogen (secondary N) is 1. The zero-order valence-corrected chi connectivity index (χ0v) is 12.9. The Kier molecular flexibility index (Phi) is 6.13. The fourth-order valence-electron chi connectivity index (χ4n) is 1.77. The van der Waals surface area contributed by atoms with Crippen LogP contribution in [0.15, 0.2) is 30.3 Å². The molecule has 110 valence electrons. The van der Waals surface area contributed by atoms with Crippen LogP contribution in [0.25, 0.3) is 5.57 Å². The van der Waals surface area contributed by atoms with E-state index in [1.807, 2.05) is 0 Å². The summed E-state index contributed by atoms with van der Waals surface area (Å²) in [5, 5.41) is 12.1. The molecule has 0 saturated carbocycles. The maximum absolute atomic E-state index is 12.1. The molecule has 4 nitrogen and oxygen atoms in total. The Balaban J connectivity index is 2.97. The van der Waals surface area contributed by atoms with Gasteiger partial charge in [-0.25, -0.2) is 0 Å². The number of halogens is 1. The molecule has 21 heavy (non-hydrogen) atoms. The van der Waals surface area contributed by atoms with Crippen molar-refractivity contribution in [3.05, 3.63) is 40.9 Å². The number of amides is 1. The van der Waals surface area contributed by atoms with Crippen molar-refractivity contribution in [1.82, 2.24) is 5.32 Å². The Morgan fingerprint density at radius 2 is 1.95 bits per heavy atom. The maximum Gasteiger partial charge on any atom is 0.245 e. The maximum atomic E-state index is 12.1. The highest BCUT2D eigenvalue weighted by atomic mass is 35.5. The van der Waals surface area contributed by atoms with Crippen molar-refractivity contribution >= 4 is 28.9 Å². The number of carbonyl (C=O) groups is 2. The minimum absolute atomic E-state index is 0.130. The molecule has 0 aliphatic rings. The monoisotopic (exact) mass is 304 g/mol. The standard InChI is InChI=1S/C16H17ClN2O2/c1-10(2)19-16(21)13(9-18)15(20)8-11(3)12-6-4-5-7-14(12)17/h4-8,10,13H,1-3H3,(H,19,21)/b11-8-/t13-/m1/s1. The summed E-state index contributed by atoms with van der Waals surface area (Å²) in [6.45, 7) is 5.25. The van der Waals surface area contributed by atoms with Crippen molar-refractivity contribution in [2.24, 2.45) is 5.92 Å². The van der Waals surface area contributed by atoms with Gasteiger partial charge in [0, 0.05) is 11.1 Å². The van der Waals surface area contributed by atoms with Crippen LogP contribution in [0.4, 0.5) is 0 Å². The Morgan fingerprint density at radius 3 is 2.48 bits per heavy atom. The van der Waals surface area contributed by atoms with Gasteiger partial charge in [-0.2, -0.15) is 5.26 Å². The summed E-state index contributed by atoms with van der Waals surface area (Å²) in [4.78, 5) is 23.9. The number of benzene rings is 1. The predicted molar refractivity (Wildman–Crippen MR) is 82.5 cm³/mol. The van der Waals surface area contributed by atoms with Gasteiger partial charge in [-0.3, -0.25) is 9.59 Å². The summed E-state index contributed by atoms with van der Waals surface area (Å²) in [7, 11) is 0. The molecule has 0 radical (unpaired) electrons. The molecular weight excluding hydrogens is 288 g/mol. The van der Waals surface area contributed by atoms with E-state index in [0.717, 1.165) is 0 Å². The van der Waals surface area contributed by atoms with Gasteiger partial charge in [-0.15, -0.1) is 0 Å². The molecule has 0 fully saturated rings. The molecule has 0 heterocycles. The zero-order chi connectivity index (χ0) is 16.0. The van der Waals surface area contributed by atoms with E-state index in [4.69, 9.17) is 16.9 Å². The molecule has 0 unspecified atom stereocenters. The van der Waals surface area contributed by atoms with Crippen molar-refractivity contribution < 1.29 is 9.59 Å². The average Bonchev–Trinajstić information content (AvgIpc) is 2.38. The number of ketones is 1. The summed E-state index contributed by atoms with van der Waals surface area (Å²) in [5.74, 6) is -2.47. The molecule has 1 N–H and O–H groups in total. The second-order valence-corrected chi connectivity index (χ2v) is 5.34. The smallest absolute Gasteiger partial charge is 0.245 e. The van der Waals surface area contributed by atoms with Gasteiger partial charge in [0.25, 0.3) is 0 Å². The fraction of sp³-hybridized carbons (Fsp3) is 0.312. The van der Waals surface area contributed by atoms with Crippen molar-refractivity contribution in [3.8, 4) is 6.07 Å². The van der Waals surface area contributed by atoms with Crippen molar-refractivity contribution in [1.29, 1.82) is 5.26 Å². The molecule has 1 amide bonds. The van der Waals surface area contributed by atoms with Crippen LogP contribution in [0.1, 0.15) is 26.3 Å². The van der Waals surface area contributed by atoms with Gasteiger partial charge in [0.1, 0.15) is 0 Å². The number of carbonyl (C=O) groups excluding carboxylic acids is 2. The molecule has 0 spiro atoms. The Hall–Kier alpha value is -2.12. The summed E-state index contributed by atoms with van der Waals surface area (Å²) >= 11 is 6.05. The van der Waals surface area contributed by atoms with Crippen LogP contribution < -0.4 is 5.32 Å². The highest BCUT2D eigenvalue weighted by Crippen LogP contribution is 2.23. The molecule has 1 aromatic carbocycles. The lowest BCUT2D eigenvalue weighted by Crippen LogP contribution is -2.38. The Bertz CT molecular complexity index is 615. The first kappa shape index (κ1) is 16.9. The first-order valence-electron chi connectivity index (χ1n) is 6.53. The van der Waals surface area contributed by atoms with E-state index in [2.05, 4.69) is 5.32 Å². The van der Waals surface area contributed by atoms with E-state index in [1.165, 1.54) is 6.08 Å². The molecule has 5 heteroatoms. The van der Waals surface area contributed by atoms with Crippen LogP contribution in [-0.2, 0) is 9.59 Å². The highest BCUT2D eigenvalue weighted by Gasteiger charge is 2.25. The number of allylic oxidation sites excluding steroid dienone is 2. The Morgan fingerprint density at radius 1 is 1.33 bits per heavy atom. The van der Waals surface area contributed by atoms with Crippen molar-refractivity contribution in [2.45, 2.75) is 26.8 Å². The van der Waals surface area contributed by atoms with Gasteiger partial charge in [-0.05, 0) is 44.1 Å². The van der Waals surface area contributed by atoms with E-state index in [1.54, 1.807) is 51.1 Å². The molecule has 0 saturated heterocycles. The van der Waals surface area contributed by atoms with Gasteiger partial charge < -0.3 is 5.32 Å². The van der Waals surface area contributed by atoms with E-state index in [-0.39, 0.29) is 6.04 Å². The summed E-state index contributed by atoms with van der Waals surface area (Å²) in [5.41, 5.74) is 1.32. The summed E-state index contributed by atoms with van der Waals surface area (Å²) in [6, 6.07) is 8.69. The lowest BCUT2D eigenvalue weighted by Gasteiger charge is -2.11. The van der Waals surface area contributed by atoms with Gasteiger partial charge >= 0.3 is 0 Å². The first-order valence-corrected chi connectivity index (χ1v) is 6.91. The lowest BCUT2D eigenvalue weighted by atomic mass is 9.99. The third-order valence-electron chi connectivity index (χ3n) is 2.76. The van der Waals surface area contributed by atoms with Gasteiger partial charge in [-0.1, -0.05) is 29.8 Å². The summed E-state index contributed by atoms with van der Waals surface area (Å²) < 4.78 is 0. The van der Waals surface area contributed by atoms with Crippen LogP contribution in [0, 0.1) is 17.2 Å². The number of nitrogens with zero attached hydrogens (tertiary/aromatic N) is 1. The number of nitriles is 1. The molecule has 0 bridgehead atoms. The van der Waals surface area contributed by atoms with E-state index in [0.29, 0.717) is 16.2 Å². The number of hydrogen-bond donors (Lipinski definition) is 1. The van der Waals surface area contributed by atoms with Crippen molar-refractivity contribution in [3.63, 3.8) is 0 Å². The quantitative estimate of drug-likeness (QED) is 0.671. The third-order valence-corrected chi connectivity index (χ3v) is 3.09. The van der Waals surface area contributed by atoms with Gasteiger partial charge in [0.05, 0.1) is 6.07 Å². The Labute approximate surface area is 129 Å². The summed E-state index contributed by atoms with van der Waals surface area (Å²) in [6.07, 6.45) is 1.29. The minimum atomic E-state index is -1.34. The second-order valence-electron chi connectivity index (χ2n) is 4.93. The fourth-order valence-corrected chi connectivity index (χ4v) is 2.06. The van der Waals surface area contributed by atoms with Crippen LogP contribution in [0.2, 0.25) is 5.02 Å². The van der Waals surface area contributed by atoms with Crippen molar-refractivity contribution in [2.75, 3.05) is 0 Å². The molecular formula is C16H17ClN2O2. The topological polar surface area (TPSA) is 70.0 Å². The number of hydrogen-bond acceptors (Lipinski definition) is 3. The zero-order valence-electron chi connectivity index (χ0n) is 12.2. The average molecular weight is 305 g/mol. The number of rotatable bonds is 5. The van der Waals surface area contributed by atoms with Gasteiger partial charge in [0.15, 0.2) is 11.7 Å². The van der Waals surface area contributed by atoms with Crippen LogP contribution in [0.5, 0.6) is 0 Å². The van der Waals surface area contributed by atoms with Gasteiger partial charge in [0.2, 0.25) is 5.91 Å². The van der Waals surface area contributed by atoms with E-state index >= 15 is 0 Å². The molecule has 1 atom stereocenters. The molecule has 1 rings (SSSR count). The third kappa shape index (κ3) is 4.73. The SMILES string of the molecule is C/C(=C/C(=O)[C@@H](C#N)C(=O)NC(C)C)c1ccccc1Cl. The lowest BCUT2D eigenvalue weighted by molar-refractivity contribution is -0.129. The van der Waals surface area contributed by atoms with Crippen LogP contribution in [-0.4, -0.2) is 17.7 Å². The molecule has 0 aliphatic heterocycles. The first-order chi connectivity index (χ1) is 9.86. The minimum Gasteiger partial charge on any atom is -0.352 e. The predicted octanol–water partition coefficient (Wildman–Crippen LogP) is 2.98. The van der Waals surface area contributed by atoms with E-state index in [9.17, 15) is 9.59 Å². The van der Waals surface area contributed by atoms with E-state index < -0.39 is 17.6 Å². The van der Waals surface area contributed by atoms with Crippen LogP contribution in [0.3, 0.4) is 0 Å².